The van der Waals surface area contributed by atoms with Gasteiger partial charge in [-0.15, -0.1) is 12.4 Å². The van der Waals surface area contributed by atoms with Crippen LogP contribution in [0, 0.1) is 0 Å². The molecule has 0 spiro atoms. The van der Waals surface area contributed by atoms with Crippen molar-refractivity contribution in [1.82, 2.24) is 0 Å². The molecule has 1 radical (unpaired) electrons. The van der Waals surface area contributed by atoms with Crippen molar-refractivity contribution in [2.45, 2.75) is 0 Å². The van der Waals surface area contributed by atoms with Crippen LogP contribution in [0.5, 0.6) is 0 Å². The molecule has 26 heavy (non-hydrogen) atoms. The van der Waals surface area contributed by atoms with Crippen LogP contribution in [0.2, 0.25) is 0 Å². The highest BCUT2D eigenvalue weighted by Crippen LogP contribution is 2.53. The van der Waals surface area contributed by atoms with E-state index in [2.05, 4.69) is 121 Å². The molecule has 0 bridgehead atoms. The summed E-state index contributed by atoms with van der Waals surface area (Å²) in [5, 5.41) is 5.55. The first-order valence-electron chi connectivity index (χ1n) is 8.54. The van der Waals surface area contributed by atoms with Crippen molar-refractivity contribution >= 4 is 40.9 Å². The standard InChI is InChI=1S/C24H20P.ClH/c1-5-13-21(14-6-1)25(22-15-7-2-8-16-22,23-17-9-3-10-18-23)24-19-11-4-12-20-24;/h1-20H;1H. The van der Waals surface area contributed by atoms with Crippen LogP contribution in [0.15, 0.2) is 121 Å². The topological polar surface area (TPSA) is 0 Å². The van der Waals surface area contributed by atoms with Crippen molar-refractivity contribution in [1.29, 1.82) is 0 Å². The van der Waals surface area contributed by atoms with E-state index in [-0.39, 0.29) is 12.4 Å². The van der Waals surface area contributed by atoms with Crippen molar-refractivity contribution in [3.63, 3.8) is 0 Å². The molecule has 0 aliphatic carbocycles. The zero-order valence-electron chi connectivity index (χ0n) is 14.4. The Bertz CT molecular complexity index is 759. The lowest BCUT2D eigenvalue weighted by Gasteiger charge is -2.38. The quantitative estimate of drug-likeness (QED) is 0.452. The van der Waals surface area contributed by atoms with Crippen molar-refractivity contribution in [3.8, 4) is 0 Å². The van der Waals surface area contributed by atoms with Crippen molar-refractivity contribution in [2.75, 3.05) is 0 Å². The Hall–Kier alpha value is -2.40. The predicted octanol–water partition coefficient (Wildman–Crippen LogP) is 4.73. The molecule has 4 rings (SSSR count). The molecule has 0 aliphatic heterocycles. The fourth-order valence-corrected chi connectivity index (χ4v) is 7.77. The normalized spacial score (nSPS) is 10.8. The molecular weight excluding hydrogens is 355 g/mol. The molecule has 0 aliphatic rings. The molecule has 129 valence electrons. The van der Waals surface area contributed by atoms with Gasteiger partial charge >= 0.3 is 0 Å². The van der Waals surface area contributed by atoms with Crippen LogP contribution >= 0.6 is 19.7 Å². The van der Waals surface area contributed by atoms with E-state index in [9.17, 15) is 0 Å². The second kappa shape index (κ2) is 8.32. The predicted molar refractivity (Wildman–Crippen MR) is 118 cm³/mol. The van der Waals surface area contributed by atoms with Gasteiger partial charge in [0.15, 0.2) is 0 Å². The maximum Gasteiger partial charge on any atom is -0.0155 e. The molecule has 0 unspecified atom stereocenters. The third kappa shape index (κ3) is 3.19. The molecule has 0 saturated heterocycles. The number of hydrogen-bond donors (Lipinski definition) is 0. The molecule has 0 saturated carbocycles. The fraction of sp³-hybridized carbons (Fsp3) is 0. The third-order valence-corrected chi connectivity index (χ3v) is 8.86. The molecule has 0 atom stereocenters. The van der Waals surface area contributed by atoms with Gasteiger partial charge in [-0.1, -0.05) is 121 Å². The van der Waals surface area contributed by atoms with Crippen LogP contribution in [0.3, 0.4) is 0 Å². The fourth-order valence-electron chi connectivity index (χ4n) is 3.50. The van der Waals surface area contributed by atoms with E-state index in [1.165, 1.54) is 21.2 Å². The van der Waals surface area contributed by atoms with Crippen molar-refractivity contribution < 1.29 is 0 Å². The third-order valence-electron chi connectivity index (χ3n) is 4.57. The van der Waals surface area contributed by atoms with Gasteiger partial charge in [0, 0.05) is 0 Å². The summed E-state index contributed by atoms with van der Waals surface area (Å²) in [6, 6.07) is 43.8. The molecular formula is C24H21ClP. The second-order valence-corrected chi connectivity index (χ2v) is 9.42. The molecule has 0 aromatic heterocycles. The first kappa shape index (κ1) is 18.4. The molecule has 0 N–H and O–H groups in total. The lowest BCUT2D eigenvalue weighted by molar-refractivity contribution is 1.71. The Labute approximate surface area is 162 Å². The van der Waals surface area contributed by atoms with Crippen LogP contribution in [-0.2, 0) is 0 Å². The van der Waals surface area contributed by atoms with Crippen molar-refractivity contribution in [2.24, 2.45) is 0 Å². The monoisotopic (exact) mass is 375 g/mol. The lowest BCUT2D eigenvalue weighted by Crippen LogP contribution is -2.38. The molecule has 4 aromatic carbocycles. The molecule has 2 heteroatoms. The molecule has 0 heterocycles. The van der Waals surface area contributed by atoms with Gasteiger partial charge in [0.1, 0.15) is 0 Å². The lowest BCUT2D eigenvalue weighted by atomic mass is 10.3. The molecule has 0 nitrogen and oxygen atoms in total. The number of halogens is 1. The van der Waals surface area contributed by atoms with E-state index in [0.29, 0.717) is 0 Å². The van der Waals surface area contributed by atoms with Gasteiger partial charge in [-0.3, -0.25) is 0 Å². The first-order chi connectivity index (χ1) is 12.4. The summed E-state index contributed by atoms with van der Waals surface area (Å²) in [6.45, 7) is 0. The second-order valence-electron chi connectivity index (χ2n) is 6.01. The zero-order chi connectivity index (χ0) is 17.0. The average Bonchev–Trinajstić information content (AvgIpc) is 2.72. The molecule has 0 amide bonds. The summed E-state index contributed by atoms with van der Waals surface area (Å²) >= 11 is 0. The minimum absolute atomic E-state index is 0. The summed E-state index contributed by atoms with van der Waals surface area (Å²) in [7, 11) is -1.91. The van der Waals surface area contributed by atoms with Crippen LogP contribution in [-0.4, -0.2) is 0 Å². The maximum absolute atomic E-state index is 2.28. The van der Waals surface area contributed by atoms with E-state index < -0.39 is 7.26 Å². The first-order valence-corrected chi connectivity index (χ1v) is 10.3. The van der Waals surface area contributed by atoms with Gasteiger partial charge in [-0.2, -0.15) is 0 Å². The summed E-state index contributed by atoms with van der Waals surface area (Å²) in [6.07, 6.45) is 0. The van der Waals surface area contributed by atoms with Gasteiger partial charge in [0.05, 0.1) is 0 Å². The van der Waals surface area contributed by atoms with E-state index in [1.807, 2.05) is 0 Å². The van der Waals surface area contributed by atoms with Crippen molar-refractivity contribution in [3.05, 3.63) is 121 Å². The number of hydrogen-bond acceptors (Lipinski definition) is 0. The smallest absolute Gasteiger partial charge is 0.0155 e. The minimum Gasteiger partial charge on any atom is -0.147 e. The van der Waals surface area contributed by atoms with Gasteiger partial charge in [-0.05, 0) is 28.5 Å². The van der Waals surface area contributed by atoms with Crippen LogP contribution in [0.1, 0.15) is 0 Å². The highest BCUT2D eigenvalue weighted by atomic mass is 35.5. The summed E-state index contributed by atoms with van der Waals surface area (Å²) in [5.74, 6) is 0. The Morgan fingerprint density at radius 1 is 0.308 bits per heavy atom. The Kier molecular flexibility index (Phi) is 5.89. The van der Waals surface area contributed by atoms with Gasteiger partial charge in [0.2, 0.25) is 0 Å². The molecule has 0 fully saturated rings. The van der Waals surface area contributed by atoms with E-state index in [0.717, 1.165) is 0 Å². The molecule has 4 aromatic rings. The highest BCUT2D eigenvalue weighted by molar-refractivity contribution is 8.01. The maximum atomic E-state index is 2.28. The SMILES string of the molecule is Cl.c1ccc([P](c2ccccc2)(c2ccccc2)c2ccccc2)cc1. The summed E-state index contributed by atoms with van der Waals surface area (Å²) in [5.41, 5.74) is 0. The van der Waals surface area contributed by atoms with Gasteiger partial charge in [-0.25, -0.2) is 0 Å². The van der Waals surface area contributed by atoms with Crippen LogP contribution in [0.4, 0.5) is 0 Å². The summed E-state index contributed by atoms with van der Waals surface area (Å²) < 4.78 is 0. The van der Waals surface area contributed by atoms with E-state index in [4.69, 9.17) is 0 Å². The van der Waals surface area contributed by atoms with Crippen LogP contribution in [0.25, 0.3) is 0 Å². The van der Waals surface area contributed by atoms with Gasteiger partial charge in [0.25, 0.3) is 0 Å². The summed E-state index contributed by atoms with van der Waals surface area (Å²) in [4.78, 5) is 0. The number of rotatable bonds is 4. The van der Waals surface area contributed by atoms with Gasteiger partial charge < -0.3 is 0 Å². The largest absolute Gasteiger partial charge is 0.147 e. The number of benzene rings is 4. The Morgan fingerprint density at radius 3 is 0.692 bits per heavy atom. The van der Waals surface area contributed by atoms with E-state index >= 15 is 0 Å². The Balaban J connectivity index is 0.00000196. The minimum atomic E-state index is -1.91. The Morgan fingerprint density at radius 2 is 0.500 bits per heavy atom. The highest BCUT2D eigenvalue weighted by Gasteiger charge is 2.35. The zero-order valence-corrected chi connectivity index (χ0v) is 16.1. The average molecular weight is 376 g/mol. The van der Waals surface area contributed by atoms with E-state index in [1.54, 1.807) is 0 Å². The van der Waals surface area contributed by atoms with Crippen LogP contribution < -0.4 is 21.2 Å².